The van der Waals surface area contributed by atoms with Crippen molar-refractivity contribution in [3.05, 3.63) is 54.3 Å². The van der Waals surface area contributed by atoms with Crippen molar-refractivity contribution < 1.29 is 23.5 Å². The number of likely N-dealkylation sites (tertiary alicyclic amines) is 1. The first kappa shape index (κ1) is 23.4. The molecule has 2 N–H and O–H groups in total. The lowest BCUT2D eigenvalue weighted by Gasteiger charge is -2.30. The summed E-state index contributed by atoms with van der Waals surface area (Å²) in [6.07, 6.45) is 4.55. The molecule has 2 amide bonds. The first-order valence-electron chi connectivity index (χ1n) is 11.5. The summed E-state index contributed by atoms with van der Waals surface area (Å²) in [6, 6.07) is 11.7. The molecule has 1 saturated heterocycles. The van der Waals surface area contributed by atoms with E-state index in [0.29, 0.717) is 43.9 Å². The van der Waals surface area contributed by atoms with E-state index >= 15 is 0 Å². The topological polar surface area (TPSA) is 95.0 Å². The molecule has 3 aromatic rings. The number of carbonyl (C=O) groups is 2. The summed E-state index contributed by atoms with van der Waals surface area (Å²) < 4.78 is 17.3. The van der Waals surface area contributed by atoms with Gasteiger partial charge < -0.3 is 24.5 Å². The molecule has 1 aliphatic heterocycles. The van der Waals surface area contributed by atoms with Gasteiger partial charge in [0.2, 0.25) is 11.8 Å². The maximum absolute atomic E-state index is 13.0. The number of primary amides is 1. The number of methoxy groups -OCH3 is 1. The molecule has 34 heavy (non-hydrogen) atoms. The Hall–Kier alpha value is -3.74. The van der Waals surface area contributed by atoms with Crippen LogP contribution in [0.5, 0.6) is 11.5 Å². The van der Waals surface area contributed by atoms with E-state index in [2.05, 4.69) is 0 Å². The standard InChI is InChI=1S/C27H30N2O5/c1-4-33-24-15-25-21(22(16-34-25)19-7-5-6-8-23(19)32-3)14-20(24)17(2)13-26(30)29-11-9-18(10-12-29)27(28)31/h5-8,13-16,18H,4,9-12H2,1-3H3,(H2,28,31)/b17-13+. The molecule has 0 saturated carbocycles. The summed E-state index contributed by atoms with van der Waals surface area (Å²) in [6.45, 7) is 5.35. The van der Waals surface area contributed by atoms with Gasteiger partial charge in [0.1, 0.15) is 17.1 Å². The van der Waals surface area contributed by atoms with Crippen LogP contribution in [0.1, 0.15) is 32.3 Å². The molecule has 1 fully saturated rings. The average Bonchev–Trinajstić information content (AvgIpc) is 3.26. The number of hydrogen-bond acceptors (Lipinski definition) is 5. The van der Waals surface area contributed by atoms with Crippen molar-refractivity contribution in [1.29, 1.82) is 0 Å². The van der Waals surface area contributed by atoms with E-state index in [1.54, 1.807) is 24.3 Å². The summed E-state index contributed by atoms with van der Waals surface area (Å²) in [5.74, 6) is 0.877. The molecule has 1 aliphatic rings. The predicted octanol–water partition coefficient (Wildman–Crippen LogP) is 4.63. The zero-order valence-electron chi connectivity index (χ0n) is 19.8. The maximum atomic E-state index is 13.0. The van der Waals surface area contributed by atoms with Crippen LogP contribution < -0.4 is 15.2 Å². The van der Waals surface area contributed by atoms with Crippen molar-refractivity contribution in [2.45, 2.75) is 26.7 Å². The fourth-order valence-electron chi connectivity index (χ4n) is 4.45. The van der Waals surface area contributed by atoms with E-state index in [9.17, 15) is 9.59 Å². The van der Waals surface area contributed by atoms with Crippen LogP contribution in [-0.4, -0.2) is 43.5 Å². The minimum Gasteiger partial charge on any atom is -0.496 e. The quantitative estimate of drug-likeness (QED) is 0.517. The number of allylic oxidation sites excluding steroid dienone is 1. The lowest BCUT2D eigenvalue weighted by molar-refractivity contribution is -0.130. The number of rotatable bonds is 7. The smallest absolute Gasteiger partial charge is 0.246 e. The second kappa shape index (κ2) is 10.0. The van der Waals surface area contributed by atoms with Gasteiger partial charge in [0.05, 0.1) is 20.0 Å². The van der Waals surface area contributed by atoms with Crippen LogP contribution in [0.4, 0.5) is 0 Å². The highest BCUT2D eigenvalue weighted by Crippen LogP contribution is 2.40. The van der Waals surface area contributed by atoms with Gasteiger partial charge in [0, 0.05) is 53.2 Å². The molecular weight excluding hydrogens is 432 g/mol. The number of furan rings is 1. The molecule has 7 heteroatoms. The molecule has 1 aromatic heterocycles. The number of carbonyl (C=O) groups excluding carboxylic acids is 2. The van der Waals surface area contributed by atoms with Crippen LogP contribution >= 0.6 is 0 Å². The molecular formula is C27H30N2O5. The van der Waals surface area contributed by atoms with E-state index in [-0.39, 0.29) is 17.7 Å². The van der Waals surface area contributed by atoms with Crippen molar-refractivity contribution in [3.8, 4) is 22.6 Å². The lowest BCUT2D eigenvalue weighted by atomic mass is 9.96. The van der Waals surface area contributed by atoms with Crippen LogP contribution in [-0.2, 0) is 9.59 Å². The average molecular weight is 463 g/mol. The number of para-hydroxylation sites is 1. The van der Waals surface area contributed by atoms with Crippen molar-refractivity contribution in [3.63, 3.8) is 0 Å². The van der Waals surface area contributed by atoms with Crippen LogP contribution in [0.15, 0.2) is 53.2 Å². The van der Waals surface area contributed by atoms with E-state index in [1.807, 2.05) is 50.2 Å². The number of benzene rings is 2. The summed E-state index contributed by atoms with van der Waals surface area (Å²) in [5.41, 5.74) is 9.56. The summed E-state index contributed by atoms with van der Waals surface area (Å²) in [7, 11) is 1.64. The molecule has 4 rings (SSSR count). The van der Waals surface area contributed by atoms with Crippen molar-refractivity contribution in [1.82, 2.24) is 4.90 Å². The Bertz CT molecular complexity index is 1240. The van der Waals surface area contributed by atoms with Crippen LogP contribution in [0.2, 0.25) is 0 Å². The molecule has 7 nitrogen and oxygen atoms in total. The van der Waals surface area contributed by atoms with Gasteiger partial charge in [0.25, 0.3) is 0 Å². The Morgan fingerprint density at radius 1 is 1.15 bits per heavy atom. The van der Waals surface area contributed by atoms with Gasteiger partial charge in [-0.05, 0) is 44.4 Å². The molecule has 0 unspecified atom stereocenters. The number of hydrogen-bond donors (Lipinski definition) is 1. The molecule has 0 atom stereocenters. The first-order chi connectivity index (χ1) is 16.4. The Morgan fingerprint density at radius 2 is 1.88 bits per heavy atom. The van der Waals surface area contributed by atoms with E-state index in [4.69, 9.17) is 19.6 Å². The van der Waals surface area contributed by atoms with Gasteiger partial charge in [0.15, 0.2) is 0 Å². The Kier molecular flexibility index (Phi) is 6.91. The molecule has 0 radical (unpaired) electrons. The Balaban J connectivity index is 1.69. The largest absolute Gasteiger partial charge is 0.496 e. The summed E-state index contributed by atoms with van der Waals surface area (Å²) in [5, 5.41) is 0.908. The number of ether oxygens (including phenoxy) is 2. The minimum atomic E-state index is -0.292. The zero-order valence-corrected chi connectivity index (χ0v) is 19.8. The SMILES string of the molecule is CCOc1cc2occ(-c3ccccc3OC)c2cc1/C(C)=C/C(=O)N1CCC(C(N)=O)CC1. The van der Waals surface area contributed by atoms with Crippen molar-refractivity contribution >= 4 is 28.4 Å². The second-order valence-electron chi connectivity index (χ2n) is 8.46. The zero-order chi connectivity index (χ0) is 24.2. The van der Waals surface area contributed by atoms with Crippen molar-refractivity contribution in [2.24, 2.45) is 11.7 Å². The molecule has 2 heterocycles. The van der Waals surface area contributed by atoms with Crippen LogP contribution in [0, 0.1) is 5.92 Å². The molecule has 0 bridgehead atoms. The highest BCUT2D eigenvalue weighted by molar-refractivity contribution is 6.01. The highest BCUT2D eigenvalue weighted by Gasteiger charge is 2.25. The third kappa shape index (κ3) is 4.64. The minimum absolute atomic E-state index is 0.0832. The molecule has 178 valence electrons. The summed E-state index contributed by atoms with van der Waals surface area (Å²) >= 11 is 0. The van der Waals surface area contributed by atoms with Gasteiger partial charge in [-0.1, -0.05) is 18.2 Å². The van der Waals surface area contributed by atoms with Crippen LogP contribution in [0.25, 0.3) is 27.7 Å². The second-order valence-corrected chi connectivity index (χ2v) is 8.46. The Labute approximate surface area is 199 Å². The third-order valence-corrected chi connectivity index (χ3v) is 6.35. The van der Waals surface area contributed by atoms with E-state index < -0.39 is 0 Å². The summed E-state index contributed by atoms with van der Waals surface area (Å²) in [4.78, 5) is 26.2. The first-order valence-corrected chi connectivity index (χ1v) is 11.5. The number of fused-ring (bicyclic) bond motifs is 1. The number of nitrogens with two attached hydrogens (primary N) is 1. The molecule has 0 spiro atoms. The van der Waals surface area contributed by atoms with Crippen LogP contribution in [0.3, 0.4) is 0 Å². The number of piperidine rings is 1. The maximum Gasteiger partial charge on any atom is 0.246 e. The van der Waals surface area contributed by atoms with Gasteiger partial charge in [-0.15, -0.1) is 0 Å². The molecule has 0 aliphatic carbocycles. The highest BCUT2D eigenvalue weighted by atomic mass is 16.5. The van der Waals surface area contributed by atoms with E-state index in [1.165, 1.54) is 0 Å². The van der Waals surface area contributed by atoms with Gasteiger partial charge in [-0.3, -0.25) is 9.59 Å². The van der Waals surface area contributed by atoms with Gasteiger partial charge in [-0.2, -0.15) is 0 Å². The van der Waals surface area contributed by atoms with Gasteiger partial charge in [-0.25, -0.2) is 0 Å². The predicted molar refractivity (Wildman–Crippen MR) is 132 cm³/mol. The Morgan fingerprint density at radius 3 is 2.56 bits per heavy atom. The van der Waals surface area contributed by atoms with Crippen molar-refractivity contribution in [2.75, 3.05) is 26.8 Å². The monoisotopic (exact) mass is 462 g/mol. The fourth-order valence-corrected chi connectivity index (χ4v) is 4.45. The lowest BCUT2D eigenvalue weighted by Crippen LogP contribution is -2.41. The van der Waals surface area contributed by atoms with Gasteiger partial charge >= 0.3 is 0 Å². The number of nitrogens with zero attached hydrogens (tertiary/aromatic N) is 1. The number of amides is 2. The fraction of sp³-hybridized carbons (Fsp3) is 0.333. The molecule has 2 aromatic carbocycles. The normalized spacial score (nSPS) is 14.9. The van der Waals surface area contributed by atoms with E-state index in [0.717, 1.165) is 33.4 Å². The third-order valence-electron chi connectivity index (χ3n) is 6.35.